The van der Waals surface area contributed by atoms with Gasteiger partial charge in [0.15, 0.2) is 6.61 Å². The third kappa shape index (κ3) is 5.80. The Morgan fingerprint density at radius 3 is 2.44 bits per heavy atom. The number of amides is 1. The molecule has 6 heteroatoms. The molecule has 25 heavy (non-hydrogen) atoms. The molecule has 1 aliphatic carbocycles. The second-order valence-corrected chi connectivity index (χ2v) is 8.61. The average molecular weight is 414 g/mol. The zero-order chi connectivity index (χ0) is 18.6. The Labute approximate surface area is 156 Å². The van der Waals surface area contributed by atoms with Crippen LogP contribution in [0.1, 0.15) is 46.5 Å². The van der Waals surface area contributed by atoms with Crippen LogP contribution in [0.25, 0.3) is 0 Å². The molecule has 138 valence electrons. The van der Waals surface area contributed by atoms with Crippen LogP contribution in [0.4, 0.5) is 10.1 Å². The second-order valence-electron chi connectivity index (χ2n) is 7.69. The number of ether oxygens (including phenoxy) is 1. The number of hydrogen-bond acceptors (Lipinski definition) is 3. The maximum Gasteiger partial charge on any atom is 0.309 e. The summed E-state index contributed by atoms with van der Waals surface area (Å²) in [6.45, 7) is 6.28. The lowest BCUT2D eigenvalue weighted by Crippen LogP contribution is -2.31. The van der Waals surface area contributed by atoms with E-state index in [0.29, 0.717) is 10.4 Å². The van der Waals surface area contributed by atoms with Crippen molar-refractivity contribution in [2.75, 3.05) is 11.9 Å². The zero-order valence-corrected chi connectivity index (χ0v) is 16.5. The molecule has 0 spiro atoms. The number of carbonyl (C=O) groups is 2. The van der Waals surface area contributed by atoms with E-state index in [1.54, 1.807) is 6.07 Å². The van der Waals surface area contributed by atoms with Crippen molar-refractivity contribution in [3.05, 3.63) is 28.5 Å². The highest BCUT2D eigenvalue weighted by Crippen LogP contribution is 2.40. The molecule has 0 saturated heterocycles. The minimum atomic E-state index is -0.547. The van der Waals surface area contributed by atoms with Crippen molar-refractivity contribution in [2.45, 2.75) is 46.5 Å². The predicted molar refractivity (Wildman–Crippen MR) is 98.6 cm³/mol. The number of hydrogen-bond donors (Lipinski definition) is 1. The van der Waals surface area contributed by atoms with Gasteiger partial charge < -0.3 is 10.1 Å². The zero-order valence-electron chi connectivity index (χ0n) is 14.9. The summed E-state index contributed by atoms with van der Waals surface area (Å²) in [5.74, 6) is -0.956. The van der Waals surface area contributed by atoms with E-state index in [9.17, 15) is 14.0 Å². The SMILES string of the molecule is CC(C)(C)C1CCC(C(=O)OCC(=O)Nc2ccc(Br)cc2F)CC1. The first-order valence-electron chi connectivity index (χ1n) is 8.58. The number of nitrogens with one attached hydrogen (secondary N) is 1. The molecule has 0 aromatic heterocycles. The summed E-state index contributed by atoms with van der Waals surface area (Å²) in [5.41, 5.74) is 0.318. The quantitative estimate of drug-likeness (QED) is 0.712. The molecular formula is C19H25BrFNO3. The Morgan fingerprint density at radius 1 is 1.24 bits per heavy atom. The minimum absolute atomic E-state index is 0.0648. The molecule has 0 radical (unpaired) electrons. The predicted octanol–water partition coefficient (Wildman–Crippen LogP) is 4.92. The van der Waals surface area contributed by atoms with E-state index in [1.807, 2.05) is 0 Å². The molecule has 0 bridgehead atoms. The van der Waals surface area contributed by atoms with Gasteiger partial charge in [0, 0.05) is 4.47 Å². The van der Waals surface area contributed by atoms with Crippen LogP contribution >= 0.6 is 15.9 Å². The smallest absolute Gasteiger partial charge is 0.309 e. The summed E-state index contributed by atoms with van der Waals surface area (Å²) in [5, 5.41) is 2.41. The van der Waals surface area contributed by atoms with Crippen molar-refractivity contribution in [1.82, 2.24) is 0 Å². The molecule has 1 saturated carbocycles. The van der Waals surface area contributed by atoms with E-state index in [-0.39, 0.29) is 23.0 Å². The molecule has 0 heterocycles. The van der Waals surface area contributed by atoms with Gasteiger partial charge in [-0.3, -0.25) is 9.59 Å². The van der Waals surface area contributed by atoms with Gasteiger partial charge in [0.25, 0.3) is 5.91 Å². The van der Waals surface area contributed by atoms with Gasteiger partial charge in [0.1, 0.15) is 5.82 Å². The van der Waals surface area contributed by atoms with E-state index in [0.717, 1.165) is 25.7 Å². The lowest BCUT2D eigenvalue weighted by molar-refractivity contribution is -0.153. The van der Waals surface area contributed by atoms with E-state index in [2.05, 4.69) is 42.0 Å². The molecule has 0 aliphatic heterocycles. The van der Waals surface area contributed by atoms with E-state index >= 15 is 0 Å². The number of rotatable bonds is 4. The molecule has 1 aliphatic rings. The molecule has 1 fully saturated rings. The molecule has 0 unspecified atom stereocenters. The highest BCUT2D eigenvalue weighted by atomic mass is 79.9. The van der Waals surface area contributed by atoms with E-state index in [4.69, 9.17) is 4.74 Å². The van der Waals surface area contributed by atoms with Gasteiger partial charge in [0.05, 0.1) is 11.6 Å². The van der Waals surface area contributed by atoms with Crippen LogP contribution in [0.2, 0.25) is 0 Å². The van der Waals surface area contributed by atoms with Crippen LogP contribution in [0.5, 0.6) is 0 Å². The van der Waals surface area contributed by atoms with Gasteiger partial charge in [-0.05, 0) is 55.2 Å². The molecule has 1 aromatic rings. The highest BCUT2D eigenvalue weighted by molar-refractivity contribution is 9.10. The van der Waals surface area contributed by atoms with Crippen molar-refractivity contribution >= 4 is 33.5 Å². The second kappa shape index (κ2) is 8.30. The van der Waals surface area contributed by atoms with Crippen LogP contribution < -0.4 is 5.32 Å². The van der Waals surface area contributed by atoms with Crippen LogP contribution in [0.3, 0.4) is 0 Å². The fraction of sp³-hybridized carbons (Fsp3) is 0.579. The van der Waals surface area contributed by atoms with Crippen LogP contribution in [-0.4, -0.2) is 18.5 Å². The maximum atomic E-state index is 13.7. The molecule has 1 amide bonds. The Hall–Kier alpha value is -1.43. The third-order valence-electron chi connectivity index (χ3n) is 4.84. The van der Waals surface area contributed by atoms with E-state index < -0.39 is 18.3 Å². The van der Waals surface area contributed by atoms with Crippen LogP contribution in [0.15, 0.2) is 22.7 Å². The fourth-order valence-corrected chi connectivity index (χ4v) is 3.56. The first-order chi connectivity index (χ1) is 11.7. The third-order valence-corrected chi connectivity index (χ3v) is 5.33. The van der Waals surface area contributed by atoms with Crippen LogP contribution in [-0.2, 0) is 14.3 Å². The van der Waals surface area contributed by atoms with Crippen molar-refractivity contribution < 1.29 is 18.7 Å². The van der Waals surface area contributed by atoms with Gasteiger partial charge in [-0.2, -0.15) is 0 Å². The number of benzene rings is 1. The van der Waals surface area contributed by atoms with Crippen LogP contribution in [0, 0.1) is 23.1 Å². The number of esters is 1. The molecular weight excluding hydrogens is 389 g/mol. The van der Waals surface area contributed by atoms with Gasteiger partial charge in [-0.1, -0.05) is 36.7 Å². The topological polar surface area (TPSA) is 55.4 Å². The van der Waals surface area contributed by atoms with Crippen molar-refractivity contribution in [3.8, 4) is 0 Å². The van der Waals surface area contributed by atoms with Gasteiger partial charge in [-0.25, -0.2) is 4.39 Å². The Balaban J connectivity index is 1.77. The summed E-state index contributed by atoms with van der Waals surface area (Å²) < 4.78 is 19.4. The Bertz CT molecular complexity index is 634. The van der Waals surface area contributed by atoms with Gasteiger partial charge in [-0.15, -0.1) is 0 Å². The largest absolute Gasteiger partial charge is 0.455 e. The van der Waals surface area contributed by atoms with Gasteiger partial charge in [0.2, 0.25) is 0 Å². The lowest BCUT2D eigenvalue weighted by atomic mass is 9.70. The fourth-order valence-electron chi connectivity index (χ4n) is 3.23. The van der Waals surface area contributed by atoms with Gasteiger partial charge >= 0.3 is 5.97 Å². The highest BCUT2D eigenvalue weighted by Gasteiger charge is 2.33. The lowest BCUT2D eigenvalue weighted by Gasteiger charge is -2.36. The Kier molecular flexibility index (Phi) is 6.60. The summed E-state index contributed by atoms with van der Waals surface area (Å²) in [6, 6.07) is 4.33. The Morgan fingerprint density at radius 2 is 1.88 bits per heavy atom. The molecule has 0 atom stereocenters. The van der Waals surface area contributed by atoms with Crippen molar-refractivity contribution in [3.63, 3.8) is 0 Å². The van der Waals surface area contributed by atoms with Crippen molar-refractivity contribution in [2.24, 2.45) is 17.3 Å². The summed E-state index contributed by atoms with van der Waals surface area (Å²) in [6.07, 6.45) is 3.59. The standard InChI is InChI=1S/C19H25BrFNO3/c1-19(2,3)13-6-4-12(5-7-13)18(24)25-11-17(23)22-16-9-8-14(20)10-15(16)21/h8-10,12-13H,4-7,11H2,1-3H3,(H,22,23). The monoisotopic (exact) mass is 413 g/mol. The molecule has 2 rings (SSSR count). The maximum absolute atomic E-state index is 13.7. The first kappa shape index (κ1) is 19.9. The molecule has 1 aromatic carbocycles. The summed E-state index contributed by atoms with van der Waals surface area (Å²) in [4.78, 5) is 24.0. The molecule has 1 N–H and O–H groups in total. The summed E-state index contributed by atoms with van der Waals surface area (Å²) >= 11 is 3.15. The normalized spacial score (nSPS) is 20.8. The van der Waals surface area contributed by atoms with E-state index in [1.165, 1.54) is 12.1 Å². The first-order valence-corrected chi connectivity index (χ1v) is 9.37. The molecule has 4 nitrogen and oxygen atoms in total. The summed E-state index contributed by atoms with van der Waals surface area (Å²) in [7, 11) is 0. The number of halogens is 2. The number of carbonyl (C=O) groups excluding carboxylic acids is 2. The number of anilines is 1. The average Bonchev–Trinajstić information content (AvgIpc) is 2.54. The minimum Gasteiger partial charge on any atom is -0.455 e. The van der Waals surface area contributed by atoms with Crippen molar-refractivity contribution in [1.29, 1.82) is 0 Å².